The zero-order chi connectivity index (χ0) is 30.2. The van der Waals surface area contributed by atoms with Crippen LogP contribution in [0, 0.1) is 23.2 Å². The Labute approximate surface area is 232 Å². The van der Waals surface area contributed by atoms with E-state index in [1.54, 1.807) is 7.05 Å². The maximum Gasteiger partial charge on any atom is 0.249 e. The van der Waals surface area contributed by atoms with Gasteiger partial charge >= 0.3 is 0 Å². The van der Waals surface area contributed by atoms with E-state index in [9.17, 15) is 28.0 Å². The highest BCUT2D eigenvalue weighted by Gasteiger charge is 2.45. The standard InChI is InChI=1S/C12H24N2O.C10H16N2O2.C5H6F2O.CH3N/c1-8(2)10-6-7-14(5)11(10)12(15)13-9(3)4;1-11-9(7-13)5-3-2-4-8-6-10(14)12-8;6-5(7)1-4(2-5)3-8;1-2/h8-11H,6-7H2,1-5H3,(H,13,15);2,4,7-9,11H,3,5-6H2,1H3,(H,12,14);3-4H,1-2H2;2H,1H2/b;4-2+;;/t10-,11?;8-,9+;;/m11../s1. The van der Waals surface area contributed by atoms with Gasteiger partial charge in [0.2, 0.25) is 17.7 Å². The maximum atomic E-state index is 12.0. The fourth-order valence-corrected chi connectivity index (χ4v) is 4.56. The van der Waals surface area contributed by atoms with Crippen LogP contribution in [0.2, 0.25) is 0 Å². The van der Waals surface area contributed by atoms with Crippen LogP contribution in [-0.2, 0) is 19.2 Å². The second kappa shape index (κ2) is 18.7. The highest BCUT2D eigenvalue weighted by atomic mass is 19.3. The molecule has 1 unspecified atom stereocenters. The Hall–Kier alpha value is -2.53. The van der Waals surface area contributed by atoms with E-state index in [-0.39, 0.29) is 54.7 Å². The van der Waals surface area contributed by atoms with Crippen molar-refractivity contribution in [3.63, 3.8) is 0 Å². The summed E-state index contributed by atoms with van der Waals surface area (Å²) in [4.78, 5) is 44.9. The van der Waals surface area contributed by atoms with Crippen molar-refractivity contribution in [1.82, 2.24) is 20.9 Å². The second-order valence-electron chi connectivity index (χ2n) is 10.9. The number of nitrogens with zero attached hydrogens (tertiary/aromatic N) is 1. The summed E-state index contributed by atoms with van der Waals surface area (Å²) in [5, 5.41) is 14.2. The molecule has 4 N–H and O–H groups in total. The molecule has 2 saturated heterocycles. The highest BCUT2D eigenvalue weighted by molar-refractivity contribution is 5.83. The highest BCUT2D eigenvalue weighted by Crippen LogP contribution is 2.40. The predicted molar refractivity (Wildman–Crippen MR) is 150 cm³/mol. The van der Waals surface area contributed by atoms with Gasteiger partial charge in [0.1, 0.15) is 12.6 Å². The molecule has 2 aliphatic heterocycles. The van der Waals surface area contributed by atoms with Crippen LogP contribution < -0.4 is 16.0 Å². The number of alkyl halides is 2. The lowest BCUT2D eigenvalue weighted by Crippen LogP contribution is -2.47. The molecule has 11 heteroatoms. The van der Waals surface area contributed by atoms with Gasteiger partial charge < -0.3 is 30.9 Å². The third-order valence-electron chi connectivity index (χ3n) is 6.87. The lowest BCUT2D eigenvalue weighted by atomic mass is 9.83. The van der Waals surface area contributed by atoms with Crippen LogP contribution in [0.5, 0.6) is 0 Å². The van der Waals surface area contributed by atoms with E-state index in [1.165, 1.54) is 0 Å². The van der Waals surface area contributed by atoms with Crippen molar-refractivity contribution in [3.8, 4) is 0 Å². The zero-order valence-electron chi connectivity index (χ0n) is 24.3. The molecule has 3 fully saturated rings. The number of carbonyl (C=O) groups is 4. The maximum absolute atomic E-state index is 12.0. The summed E-state index contributed by atoms with van der Waals surface area (Å²) in [6.45, 7) is 12.0. The van der Waals surface area contributed by atoms with Gasteiger partial charge in [-0.25, -0.2) is 8.78 Å². The molecule has 39 heavy (non-hydrogen) atoms. The third-order valence-corrected chi connectivity index (χ3v) is 6.87. The van der Waals surface area contributed by atoms with E-state index in [2.05, 4.69) is 41.4 Å². The van der Waals surface area contributed by atoms with Gasteiger partial charge in [0.15, 0.2) is 0 Å². The topological polar surface area (TPSA) is 131 Å². The second-order valence-corrected chi connectivity index (χ2v) is 10.9. The van der Waals surface area contributed by atoms with Crippen molar-refractivity contribution >= 4 is 31.1 Å². The minimum absolute atomic E-state index is 0.0596. The fraction of sp³-hybridized carbons (Fsp3) is 0.750. The van der Waals surface area contributed by atoms with Crippen LogP contribution in [0.25, 0.3) is 0 Å². The first-order chi connectivity index (χ1) is 18.3. The number of rotatable bonds is 10. The molecule has 0 aromatic heterocycles. The number of hydrogen-bond donors (Lipinski definition) is 4. The molecule has 9 nitrogen and oxygen atoms in total. The molecular weight excluding hydrogens is 508 g/mol. The van der Waals surface area contributed by atoms with E-state index in [4.69, 9.17) is 5.41 Å². The molecule has 1 saturated carbocycles. The van der Waals surface area contributed by atoms with Crippen molar-refractivity contribution in [3.05, 3.63) is 12.2 Å². The number of allylic oxidation sites excluding steroid dienone is 1. The lowest BCUT2D eigenvalue weighted by molar-refractivity contribution is -0.137. The van der Waals surface area contributed by atoms with Crippen LogP contribution in [0.15, 0.2) is 12.2 Å². The SMILES string of the molecule is C=N.CC(C)NC(=O)C1[C@@H](C(C)C)CCN1C.CN[C@H](C=O)CC/C=C/[C@@H]1CC(=O)N1.O=CC1CC(F)(F)C1. The molecule has 1 aliphatic carbocycles. The summed E-state index contributed by atoms with van der Waals surface area (Å²) < 4.78 is 23.6. The number of likely N-dealkylation sites (N-methyl/N-ethyl adjacent to an activating group) is 2. The summed E-state index contributed by atoms with van der Waals surface area (Å²) in [7, 11) is 3.82. The van der Waals surface area contributed by atoms with Crippen molar-refractivity contribution in [2.24, 2.45) is 17.8 Å². The van der Waals surface area contributed by atoms with Crippen molar-refractivity contribution in [1.29, 1.82) is 5.41 Å². The molecule has 0 aromatic carbocycles. The number of aldehydes is 2. The van der Waals surface area contributed by atoms with Gasteiger partial charge in [0.25, 0.3) is 0 Å². The van der Waals surface area contributed by atoms with E-state index in [1.807, 2.05) is 33.0 Å². The fourth-order valence-electron chi connectivity index (χ4n) is 4.56. The minimum Gasteiger partial charge on any atom is -0.353 e. The van der Waals surface area contributed by atoms with E-state index < -0.39 is 5.92 Å². The van der Waals surface area contributed by atoms with Gasteiger partial charge in [-0.3, -0.25) is 14.5 Å². The van der Waals surface area contributed by atoms with Crippen molar-refractivity contribution in [2.75, 3.05) is 20.6 Å². The Balaban J connectivity index is 0.000000559. The van der Waals surface area contributed by atoms with Gasteiger partial charge in [-0.1, -0.05) is 26.0 Å². The van der Waals surface area contributed by atoms with Gasteiger partial charge in [-0.05, 0) is 72.3 Å². The predicted octanol–water partition coefficient (Wildman–Crippen LogP) is 2.98. The van der Waals surface area contributed by atoms with Gasteiger partial charge in [-0.2, -0.15) is 0 Å². The molecular formula is C28H49F2N5O4. The van der Waals surface area contributed by atoms with Gasteiger partial charge in [0, 0.05) is 24.8 Å². The van der Waals surface area contributed by atoms with Crippen LogP contribution in [0.1, 0.15) is 66.2 Å². The number of hydrogen-bond acceptors (Lipinski definition) is 7. The number of halogens is 2. The summed E-state index contributed by atoms with van der Waals surface area (Å²) in [5.74, 6) is -1.51. The van der Waals surface area contributed by atoms with Crippen LogP contribution in [0.3, 0.4) is 0 Å². The van der Waals surface area contributed by atoms with E-state index in [0.717, 1.165) is 32.1 Å². The Bertz CT molecular complexity index is 778. The van der Waals surface area contributed by atoms with Crippen molar-refractivity contribution in [2.45, 2.75) is 96.3 Å². The summed E-state index contributed by atoms with van der Waals surface area (Å²) in [6, 6.07) is 0.467. The van der Waals surface area contributed by atoms with Gasteiger partial charge in [-0.15, -0.1) is 0 Å². The van der Waals surface area contributed by atoms with Gasteiger partial charge in [0.05, 0.1) is 24.5 Å². The first-order valence-electron chi connectivity index (χ1n) is 13.6. The molecule has 0 spiro atoms. The molecule has 2 heterocycles. The Morgan fingerprint density at radius 2 is 1.82 bits per heavy atom. The molecule has 4 atom stereocenters. The van der Waals surface area contributed by atoms with E-state index >= 15 is 0 Å². The quantitative estimate of drug-likeness (QED) is 0.141. The minimum atomic E-state index is -2.54. The first-order valence-corrected chi connectivity index (χ1v) is 13.6. The smallest absolute Gasteiger partial charge is 0.249 e. The molecule has 0 aromatic rings. The number of likely N-dealkylation sites (tertiary alicyclic amines) is 1. The Morgan fingerprint density at radius 3 is 2.21 bits per heavy atom. The molecule has 2 amide bonds. The molecule has 0 bridgehead atoms. The number of β-lactam (4-membered cyclic amide) rings is 1. The average Bonchev–Trinajstić information content (AvgIpc) is 3.24. The average molecular weight is 558 g/mol. The largest absolute Gasteiger partial charge is 0.353 e. The van der Waals surface area contributed by atoms with E-state index in [0.29, 0.717) is 24.5 Å². The Morgan fingerprint density at radius 1 is 1.23 bits per heavy atom. The summed E-state index contributed by atoms with van der Waals surface area (Å²) in [6.07, 6.45) is 8.43. The zero-order valence-corrected chi connectivity index (χ0v) is 24.3. The van der Waals surface area contributed by atoms with Crippen LogP contribution in [0.4, 0.5) is 8.78 Å². The van der Waals surface area contributed by atoms with Crippen LogP contribution in [-0.4, -0.2) is 86.7 Å². The number of carbonyl (C=O) groups excluding carboxylic acids is 4. The summed E-state index contributed by atoms with van der Waals surface area (Å²) in [5.41, 5.74) is 0. The molecule has 3 rings (SSSR count). The monoisotopic (exact) mass is 557 g/mol. The molecule has 3 aliphatic rings. The number of nitrogens with one attached hydrogen (secondary N) is 4. The number of amides is 2. The molecule has 224 valence electrons. The third kappa shape index (κ3) is 13.9. The molecule has 0 radical (unpaired) electrons. The van der Waals surface area contributed by atoms with Crippen LogP contribution >= 0.6 is 0 Å². The Kier molecular flexibility index (Phi) is 17.5. The first kappa shape index (κ1) is 36.5. The normalized spacial score (nSPS) is 24.5. The lowest BCUT2D eigenvalue weighted by Gasteiger charge is -2.30. The summed E-state index contributed by atoms with van der Waals surface area (Å²) >= 11 is 0. The van der Waals surface area contributed by atoms with Crippen molar-refractivity contribution < 1.29 is 28.0 Å².